The van der Waals surface area contributed by atoms with E-state index in [-0.39, 0.29) is 66.7 Å². The van der Waals surface area contributed by atoms with E-state index in [1.807, 2.05) is 101 Å². The molecule has 0 saturated carbocycles. The number of anilines is 1. The van der Waals surface area contributed by atoms with Crippen LogP contribution in [0.5, 0.6) is 0 Å². The molecule has 18 nitrogen and oxygen atoms in total. The number of nitrogens with one attached hydrogen (secondary N) is 2. The second-order valence-electron chi connectivity index (χ2n) is 20.9. The third-order valence-electron chi connectivity index (χ3n) is 15.2. The van der Waals surface area contributed by atoms with Gasteiger partial charge in [0.15, 0.2) is 0 Å². The number of carboxylic acid groups (broad SMARTS) is 1. The molecule has 0 aliphatic carbocycles. The number of rotatable bonds is 33. The van der Waals surface area contributed by atoms with Crippen LogP contribution in [0.15, 0.2) is 66.7 Å². The molecule has 0 aromatic heterocycles. The molecule has 8 atom stereocenters. The van der Waals surface area contributed by atoms with Crippen molar-refractivity contribution in [1.29, 1.82) is 0 Å². The van der Waals surface area contributed by atoms with Gasteiger partial charge in [0.25, 0.3) is 11.8 Å². The largest absolute Gasteiger partial charge is 0.480 e. The van der Waals surface area contributed by atoms with E-state index < -0.39 is 54.2 Å². The van der Waals surface area contributed by atoms with Crippen molar-refractivity contribution in [2.75, 3.05) is 65.9 Å². The SMILES string of the molecule is CCCCN(C(=O)CNC(=O)[C@H](C(C)C)N(C)CCc1ccc(N(C)C(=O)CCCCCN2C(=O)C=CC2=O)cc1)[C@@H]([C@@H](C)CC)[C@@H](CC(=O)N1CCC[C@H]1[C@H](OC)[C@@H](C)C(=O)N[C@@H](Cc1ccccc1)C(=O)O)OC. The Morgan fingerprint density at radius 3 is 2.07 bits per heavy atom. The number of nitrogens with zero attached hydrogens (tertiary/aromatic N) is 5. The van der Waals surface area contributed by atoms with Crippen LogP contribution in [0.4, 0.5) is 5.69 Å². The van der Waals surface area contributed by atoms with Crippen LogP contribution in [-0.4, -0.2) is 169 Å². The zero-order valence-corrected chi connectivity index (χ0v) is 46.8. The number of methoxy groups -OCH3 is 2. The topological polar surface area (TPSA) is 216 Å². The molecule has 2 aliphatic heterocycles. The number of likely N-dealkylation sites (N-methyl/N-ethyl adjacent to an activating group) is 1. The lowest BCUT2D eigenvalue weighted by molar-refractivity contribution is -0.147. The number of ether oxygens (including phenoxy) is 2. The molecule has 0 spiro atoms. The monoisotopic (exact) mass is 1060 g/mol. The Bertz CT molecular complexity index is 2240. The van der Waals surface area contributed by atoms with Crippen molar-refractivity contribution >= 4 is 53.0 Å². The molecule has 18 heteroatoms. The molecule has 2 aromatic carbocycles. The molecule has 7 amide bonds. The van der Waals surface area contributed by atoms with Crippen molar-refractivity contribution in [3.05, 3.63) is 77.9 Å². The summed E-state index contributed by atoms with van der Waals surface area (Å²) in [4.78, 5) is 114. The summed E-state index contributed by atoms with van der Waals surface area (Å²) in [5.41, 5.74) is 2.56. The molecule has 420 valence electrons. The Morgan fingerprint density at radius 1 is 0.803 bits per heavy atom. The molecule has 2 aliphatic rings. The van der Waals surface area contributed by atoms with Gasteiger partial charge in [0, 0.05) is 78.1 Å². The van der Waals surface area contributed by atoms with Gasteiger partial charge in [-0.05, 0) is 80.7 Å². The van der Waals surface area contributed by atoms with E-state index >= 15 is 0 Å². The lowest BCUT2D eigenvalue weighted by atomic mass is 9.89. The molecular weight excluding hydrogens is 971 g/mol. The number of hydrogen-bond acceptors (Lipinski definition) is 11. The van der Waals surface area contributed by atoms with Gasteiger partial charge in [-0.25, -0.2) is 4.79 Å². The van der Waals surface area contributed by atoms with E-state index in [4.69, 9.17) is 9.47 Å². The van der Waals surface area contributed by atoms with Crippen molar-refractivity contribution in [2.45, 2.75) is 155 Å². The minimum atomic E-state index is -1.15. The number of unbranched alkanes of at least 4 members (excludes halogenated alkanes) is 3. The maximum Gasteiger partial charge on any atom is 0.326 e. The van der Waals surface area contributed by atoms with Crippen LogP contribution in [0.1, 0.15) is 117 Å². The number of imide groups is 1. The van der Waals surface area contributed by atoms with Crippen LogP contribution < -0.4 is 15.5 Å². The van der Waals surface area contributed by atoms with Crippen LogP contribution in [0.2, 0.25) is 0 Å². The Hall–Kier alpha value is -5.98. The second-order valence-corrected chi connectivity index (χ2v) is 20.9. The standard InChI is InChI=1S/C58H87N7O11/c1-11-13-32-65(54(40(5)12-2)47(75-9)37-51(69)63-34-20-23-46(63)55(76-10)41(6)56(71)60-45(58(73)74)36-43-21-16-14-17-22-43)52(70)38-59-57(72)53(39(3)4)61(7)35-31-42-25-27-44(28-26-42)62(8)48(66)24-18-15-19-33-64-49(67)29-30-50(64)68/h14,16-17,21-22,25-30,39-41,45-47,53-55H,11-13,15,18-20,23-24,31-38H2,1-10H3,(H,59,72)(H,60,71)(H,73,74)/t40-,41+,45-,46-,47+,53-,54-,55+/m0/s1. The number of carbonyl (C=O) groups excluding carboxylic acids is 7. The molecule has 4 rings (SSSR count). The number of carboxylic acids is 1. The zero-order chi connectivity index (χ0) is 56.1. The molecule has 0 radical (unpaired) electrons. The minimum Gasteiger partial charge on any atom is -0.480 e. The van der Waals surface area contributed by atoms with Crippen molar-refractivity contribution in [2.24, 2.45) is 17.8 Å². The average molecular weight is 1060 g/mol. The highest BCUT2D eigenvalue weighted by Gasteiger charge is 2.43. The minimum absolute atomic E-state index is 0.0293. The van der Waals surface area contributed by atoms with E-state index in [0.29, 0.717) is 84.0 Å². The Labute approximate surface area is 451 Å². The summed E-state index contributed by atoms with van der Waals surface area (Å²) in [5, 5.41) is 15.6. The molecule has 2 aromatic rings. The third kappa shape index (κ3) is 17.8. The smallest absolute Gasteiger partial charge is 0.326 e. The molecule has 0 unspecified atom stereocenters. The molecule has 1 saturated heterocycles. The van der Waals surface area contributed by atoms with Crippen LogP contribution in [0.3, 0.4) is 0 Å². The van der Waals surface area contributed by atoms with Crippen LogP contribution >= 0.6 is 0 Å². The second kappa shape index (κ2) is 31.3. The summed E-state index contributed by atoms with van der Waals surface area (Å²) in [6, 6.07) is 14.2. The lowest BCUT2D eigenvalue weighted by Crippen LogP contribution is -2.57. The highest BCUT2D eigenvalue weighted by atomic mass is 16.5. The summed E-state index contributed by atoms with van der Waals surface area (Å²) in [6.45, 7) is 13.3. The predicted octanol–water partition coefficient (Wildman–Crippen LogP) is 5.65. The van der Waals surface area contributed by atoms with E-state index in [2.05, 4.69) is 10.6 Å². The molecule has 3 N–H and O–H groups in total. The first-order valence-corrected chi connectivity index (χ1v) is 27.4. The summed E-state index contributed by atoms with van der Waals surface area (Å²) in [5.74, 6) is -3.95. The fourth-order valence-corrected chi connectivity index (χ4v) is 10.6. The Kier molecular flexibility index (Phi) is 25.8. The fourth-order valence-electron chi connectivity index (χ4n) is 10.6. The van der Waals surface area contributed by atoms with E-state index in [1.165, 1.54) is 24.2 Å². The van der Waals surface area contributed by atoms with Gasteiger partial charge < -0.3 is 39.9 Å². The maximum atomic E-state index is 14.5. The van der Waals surface area contributed by atoms with E-state index in [0.717, 1.165) is 23.2 Å². The van der Waals surface area contributed by atoms with Crippen molar-refractivity contribution < 1.29 is 52.9 Å². The molecule has 0 bridgehead atoms. The van der Waals surface area contributed by atoms with Crippen molar-refractivity contribution in [3.63, 3.8) is 0 Å². The van der Waals surface area contributed by atoms with Crippen LogP contribution in [0, 0.1) is 17.8 Å². The van der Waals surface area contributed by atoms with Gasteiger partial charge in [-0.15, -0.1) is 0 Å². The number of hydrogen-bond donors (Lipinski definition) is 3. The summed E-state index contributed by atoms with van der Waals surface area (Å²) < 4.78 is 12.1. The average Bonchev–Trinajstić information content (AvgIpc) is 4.02. The number of benzene rings is 2. The number of aliphatic carboxylic acids is 1. The van der Waals surface area contributed by atoms with Crippen LogP contribution in [-0.2, 0) is 60.7 Å². The van der Waals surface area contributed by atoms with E-state index in [9.17, 15) is 43.5 Å². The first-order valence-electron chi connectivity index (χ1n) is 27.4. The first-order chi connectivity index (χ1) is 36.3. The highest BCUT2D eigenvalue weighted by molar-refractivity contribution is 6.12. The number of likely N-dealkylation sites (tertiary alicyclic amines) is 1. The normalized spacial score (nSPS) is 17.3. The molecule has 2 heterocycles. The van der Waals surface area contributed by atoms with Gasteiger partial charge >= 0.3 is 5.97 Å². The first kappa shape index (κ1) is 62.6. The zero-order valence-electron chi connectivity index (χ0n) is 46.8. The van der Waals surface area contributed by atoms with Gasteiger partial charge in [0.05, 0.1) is 49.2 Å². The van der Waals surface area contributed by atoms with Gasteiger partial charge in [0.2, 0.25) is 29.5 Å². The summed E-state index contributed by atoms with van der Waals surface area (Å²) in [7, 11) is 6.68. The predicted molar refractivity (Wildman–Crippen MR) is 292 cm³/mol. The maximum absolute atomic E-state index is 14.5. The summed E-state index contributed by atoms with van der Waals surface area (Å²) in [6.07, 6.45) is 7.66. The Balaban J connectivity index is 1.35. The number of amides is 7. The van der Waals surface area contributed by atoms with Crippen molar-refractivity contribution in [1.82, 2.24) is 30.2 Å². The fraction of sp³-hybridized carbons (Fsp3) is 0.621. The highest BCUT2D eigenvalue weighted by Crippen LogP contribution is 2.30. The molecule has 76 heavy (non-hydrogen) atoms. The number of carbonyl (C=O) groups is 8. The van der Waals surface area contributed by atoms with Crippen LogP contribution in [0.25, 0.3) is 0 Å². The molecular formula is C58H87N7O11. The van der Waals surface area contributed by atoms with Crippen molar-refractivity contribution in [3.8, 4) is 0 Å². The van der Waals surface area contributed by atoms with E-state index in [1.54, 1.807) is 35.8 Å². The van der Waals surface area contributed by atoms with Gasteiger partial charge in [-0.3, -0.25) is 43.4 Å². The van der Waals surface area contributed by atoms with Gasteiger partial charge in [-0.1, -0.05) is 103 Å². The van der Waals surface area contributed by atoms with Gasteiger partial charge in [-0.2, -0.15) is 0 Å². The quantitative estimate of drug-likeness (QED) is 0.0584. The van der Waals surface area contributed by atoms with Gasteiger partial charge in [0.1, 0.15) is 6.04 Å². The molecule has 1 fully saturated rings. The third-order valence-corrected chi connectivity index (χ3v) is 15.2. The lowest BCUT2D eigenvalue weighted by Gasteiger charge is -2.41. The summed E-state index contributed by atoms with van der Waals surface area (Å²) >= 11 is 0. The Morgan fingerprint density at radius 2 is 1.47 bits per heavy atom.